The molecular formula is C14H15BrN2O3S. The van der Waals surface area contributed by atoms with Crippen LogP contribution in [-0.4, -0.2) is 32.8 Å². The molecule has 1 aromatic carbocycles. The van der Waals surface area contributed by atoms with Gasteiger partial charge < -0.3 is 10.1 Å². The number of hydrogen-bond donors (Lipinski definition) is 1. The van der Waals surface area contributed by atoms with Gasteiger partial charge in [-0.2, -0.15) is 0 Å². The van der Waals surface area contributed by atoms with Crippen molar-refractivity contribution in [3.05, 3.63) is 47.2 Å². The molecule has 0 radical (unpaired) electrons. The van der Waals surface area contributed by atoms with Crippen molar-refractivity contribution in [1.82, 2.24) is 4.98 Å². The molecule has 7 heteroatoms. The molecule has 0 bridgehead atoms. The van der Waals surface area contributed by atoms with Gasteiger partial charge in [0, 0.05) is 23.5 Å². The maximum Gasteiger partial charge on any atom is 0.175 e. The lowest BCUT2D eigenvalue weighted by Gasteiger charge is -2.09. The molecule has 0 atom stereocenters. The Bertz CT molecular complexity index is 702. The van der Waals surface area contributed by atoms with Crippen LogP contribution in [0, 0.1) is 0 Å². The van der Waals surface area contributed by atoms with E-state index >= 15 is 0 Å². The molecule has 112 valence electrons. The van der Waals surface area contributed by atoms with Crippen molar-refractivity contribution in [2.75, 3.05) is 24.7 Å². The largest absolute Gasteiger partial charge is 0.492 e. The van der Waals surface area contributed by atoms with Crippen LogP contribution >= 0.6 is 15.9 Å². The van der Waals surface area contributed by atoms with Crippen molar-refractivity contribution in [2.24, 2.45) is 0 Å². The van der Waals surface area contributed by atoms with Crippen LogP contribution in [0.25, 0.3) is 0 Å². The molecule has 1 heterocycles. The zero-order chi connectivity index (χ0) is 15.3. The predicted octanol–water partition coefficient (Wildman–Crippen LogP) is 2.74. The molecule has 21 heavy (non-hydrogen) atoms. The molecule has 2 rings (SSSR count). The molecule has 0 amide bonds. The number of pyridine rings is 1. The fraction of sp³-hybridized carbons (Fsp3) is 0.214. The average Bonchev–Trinajstić information content (AvgIpc) is 2.43. The van der Waals surface area contributed by atoms with Gasteiger partial charge in [0.2, 0.25) is 0 Å². The highest BCUT2D eigenvalue weighted by Gasteiger charge is 2.06. The van der Waals surface area contributed by atoms with Crippen LogP contribution in [0.15, 0.2) is 52.1 Å². The number of rotatable bonds is 6. The van der Waals surface area contributed by atoms with E-state index in [0.717, 1.165) is 10.2 Å². The number of nitrogens with zero attached hydrogens (tertiary/aromatic N) is 1. The Hall–Kier alpha value is -1.60. The van der Waals surface area contributed by atoms with Crippen molar-refractivity contribution in [1.29, 1.82) is 0 Å². The van der Waals surface area contributed by atoms with Crippen LogP contribution in [0.1, 0.15) is 0 Å². The maximum atomic E-state index is 11.3. The minimum Gasteiger partial charge on any atom is -0.492 e. The number of nitrogens with one attached hydrogen (secondary N) is 1. The fourth-order valence-electron chi connectivity index (χ4n) is 1.66. The Balaban J connectivity index is 1.81. The Morgan fingerprint density at radius 2 is 1.95 bits per heavy atom. The first-order valence-corrected chi connectivity index (χ1v) is 8.91. The Morgan fingerprint density at radius 3 is 2.57 bits per heavy atom. The first-order valence-electron chi connectivity index (χ1n) is 6.22. The molecule has 0 aliphatic heterocycles. The van der Waals surface area contributed by atoms with Gasteiger partial charge in [0.25, 0.3) is 0 Å². The summed E-state index contributed by atoms with van der Waals surface area (Å²) in [5.74, 6) is 0.636. The summed E-state index contributed by atoms with van der Waals surface area (Å²) in [4.78, 5) is 4.33. The van der Waals surface area contributed by atoms with E-state index in [9.17, 15) is 8.42 Å². The number of sulfone groups is 1. The highest BCUT2D eigenvalue weighted by Crippen LogP contribution is 2.16. The van der Waals surface area contributed by atoms with Crippen LogP contribution in [-0.2, 0) is 9.84 Å². The third-order valence-corrected chi connectivity index (χ3v) is 4.22. The molecule has 1 aromatic heterocycles. The quantitative estimate of drug-likeness (QED) is 0.791. The third kappa shape index (κ3) is 5.02. The molecule has 1 N–H and O–H groups in total. The van der Waals surface area contributed by atoms with Gasteiger partial charge in [-0.3, -0.25) is 4.98 Å². The van der Waals surface area contributed by atoms with E-state index in [2.05, 4.69) is 26.2 Å². The van der Waals surface area contributed by atoms with E-state index in [0.29, 0.717) is 18.9 Å². The highest BCUT2D eigenvalue weighted by molar-refractivity contribution is 9.10. The Morgan fingerprint density at radius 1 is 1.24 bits per heavy atom. The zero-order valence-corrected chi connectivity index (χ0v) is 13.8. The number of ether oxygens (including phenoxy) is 1. The number of anilines is 1. The molecule has 5 nitrogen and oxygen atoms in total. The Labute approximate surface area is 132 Å². The average molecular weight is 371 g/mol. The van der Waals surface area contributed by atoms with Gasteiger partial charge in [0.15, 0.2) is 9.84 Å². The molecule has 0 fully saturated rings. The van der Waals surface area contributed by atoms with E-state index < -0.39 is 9.84 Å². The molecule has 0 unspecified atom stereocenters. The number of halogens is 1. The molecule has 0 spiro atoms. The van der Waals surface area contributed by atoms with Gasteiger partial charge in [-0.05, 0) is 46.3 Å². The van der Waals surface area contributed by atoms with Crippen molar-refractivity contribution in [3.63, 3.8) is 0 Å². The smallest absolute Gasteiger partial charge is 0.175 e. The SMILES string of the molecule is CS(=O)(=O)c1ccc(OCCNc2cncc(Br)c2)cc1. The standard InChI is InChI=1S/C14H15BrN2O3S/c1-21(18,19)14-4-2-13(3-5-14)20-7-6-17-12-8-11(15)9-16-10-12/h2-5,8-10,17H,6-7H2,1H3. The normalized spacial score (nSPS) is 11.1. The highest BCUT2D eigenvalue weighted by atomic mass is 79.9. The molecule has 0 aliphatic carbocycles. The summed E-state index contributed by atoms with van der Waals surface area (Å²) >= 11 is 3.35. The summed E-state index contributed by atoms with van der Waals surface area (Å²) in [7, 11) is -3.16. The van der Waals surface area contributed by atoms with Gasteiger partial charge in [0.1, 0.15) is 12.4 Å². The predicted molar refractivity (Wildman–Crippen MR) is 85.5 cm³/mol. The van der Waals surface area contributed by atoms with E-state index in [1.165, 1.54) is 18.4 Å². The van der Waals surface area contributed by atoms with Crippen molar-refractivity contribution in [2.45, 2.75) is 4.90 Å². The van der Waals surface area contributed by atoms with Gasteiger partial charge >= 0.3 is 0 Å². The first-order chi connectivity index (χ1) is 9.95. The second-order valence-corrected chi connectivity index (χ2v) is 7.34. The van der Waals surface area contributed by atoms with E-state index in [-0.39, 0.29) is 4.90 Å². The summed E-state index contributed by atoms with van der Waals surface area (Å²) in [5, 5.41) is 3.18. The molecule has 0 saturated carbocycles. The first kappa shape index (κ1) is 15.8. The van der Waals surface area contributed by atoms with Gasteiger partial charge in [-0.1, -0.05) is 0 Å². The topological polar surface area (TPSA) is 68.3 Å². The van der Waals surface area contributed by atoms with Gasteiger partial charge in [0.05, 0.1) is 16.8 Å². The third-order valence-electron chi connectivity index (χ3n) is 2.66. The van der Waals surface area contributed by atoms with Crippen LogP contribution in [0.4, 0.5) is 5.69 Å². The van der Waals surface area contributed by atoms with Crippen LogP contribution in [0.3, 0.4) is 0 Å². The summed E-state index contributed by atoms with van der Waals surface area (Å²) in [6.07, 6.45) is 4.62. The molecule has 2 aromatic rings. The molecule has 0 aliphatic rings. The van der Waals surface area contributed by atoms with Crippen molar-refractivity contribution < 1.29 is 13.2 Å². The minimum absolute atomic E-state index is 0.285. The molecule has 0 saturated heterocycles. The van der Waals surface area contributed by atoms with Crippen LogP contribution in [0.2, 0.25) is 0 Å². The number of benzene rings is 1. The molecular weight excluding hydrogens is 356 g/mol. The van der Waals surface area contributed by atoms with Crippen LogP contribution < -0.4 is 10.1 Å². The van der Waals surface area contributed by atoms with Crippen molar-refractivity contribution >= 4 is 31.5 Å². The van der Waals surface area contributed by atoms with E-state index in [1.807, 2.05) is 6.07 Å². The van der Waals surface area contributed by atoms with Gasteiger partial charge in [-0.15, -0.1) is 0 Å². The number of hydrogen-bond acceptors (Lipinski definition) is 5. The lowest BCUT2D eigenvalue weighted by molar-refractivity contribution is 0.332. The monoisotopic (exact) mass is 370 g/mol. The number of aromatic nitrogens is 1. The summed E-state index contributed by atoms with van der Waals surface area (Å²) in [6, 6.07) is 8.30. The summed E-state index contributed by atoms with van der Waals surface area (Å²) in [6.45, 7) is 1.08. The Kier molecular flexibility index (Phi) is 5.19. The zero-order valence-electron chi connectivity index (χ0n) is 11.4. The fourth-order valence-corrected chi connectivity index (χ4v) is 2.65. The van der Waals surface area contributed by atoms with E-state index in [1.54, 1.807) is 24.5 Å². The van der Waals surface area contributed by atoms with Crippen LogP contribution in [0.5, 0.6) is 5.75 Å². The van der Waals surface area contributed by atoms with Crippen molar-refractivity contribution in [3.8, 4) is 5.75 Å². The maximum absolute atomic E-state index is 11.3. The summed E-state index contributed by atoms with van der Waals surface area (Å²) in [5.41, 5.74) is 0.903. The second-order valence-electron chi connectivity index (χ2n) is 4.41. The van der Waals surface area contributed by atoms with Gasteiger partial charge in [-0.25, -0.2) is 8.42 Å². The lowest BCUT2D eigenvalue weighted by Crippen LogP contribution is -2.11. The van der Waals surface area contributed by atoms with E-state index in [4.69, 9.17) is 4.74 Å². The minimum atomic E-state index is -3.16. The summed E-state index contributed by atoms with van der Waals surface area (Å²) < 4.78 is 29.1. The second kappa shape index (κ2) is 6.91. The lowest BCUT2D eigenvalue weighted by atomic mass is 10.3.